The Hall–Kier alpha value is -8.86. The highest BCUT2D eigenvalue weighted by Gasteiger charge is 2.51. The van der Waals surface area contributed by atoms with Gasteiger partial charge in [-0.2, -0.15) is 0 Å². The maximum absolute atomic E-state index is 7.53. The van der Waals surface area contributed by atoms with Crippen molar-refractivity contribution in [2.45, 2.75) is 130 Å². The zero-order chi connectivity index (χ0) is 63.9. The molecule has 7 nitrogen and oxygen atoms in total. The highest BCUT2D eigenvalue weighted by molar-refractivity contribution is 7.82. The Morgan fingerprint density at radius 3 is 1.11 bits per heavy atom. The molecular formula is C84H75N3O4P2. The molecule has 0 aliphatic carbocycles. The van der Waals surface area contributed by atoms with Crippen LogP contribution in [0.3, 0.4) is 0 Å². The van der Waals surface area contributed by atoms with E-state index in [-0.39, 0.29) is 27.1 Å². The molecule has 0 N–H and O–H groups in total. The maximum atomic E-state index is 7.53. The number of nitrogens with zero attached hydrogens (tertiary/aromatic N) is 3. The summed E-state index contributed by atoms with van der Waals surface area (Å²) in [6.45, 7) is 32.5. The molecule has 460 valence electrons. The number of hydrogen-bond acceptors (Lipinski definition) is 6. The average Bonchev–Trinajstić information content (AvgIpc) is 1.20. The number of ether oxygens (including phenoxy) is 4. The first-order chi connectivity index (χ1) is 44.4. The summed E-state index contributed by atoms with van der Waals surface area (Å²) in [5, 5.41) is 12.3. The van der Waals surface area contributed by atoms with Gasteiger partial charge in [0, 0.05) is 72.4 Å². The van der Waals surface area contributed by atoms with Crippen molar-refractivity contribution in [1.82, 2.24) is 4.57 Å². The smallest absolute Gasteiger partial charge is 0.141 e. The predicted molar refractivity (Wildman–Crippen MR) is 390 cm³/mol. The normalized spacial score (nSPS) is 15.0. The summed E-state index contributed by atoms with van der Waals surface area (Å²) in [5.74, 6) is 7.46. The lowest BCUT2D eigenvalue weighted by atomic mass is 9.79. The number of anilines is 6. The first kappa shape index (κ1) is 56.9. The molecule has 1 aromatic heterocycles. The van der Waals surface area contributed by atoms with Crippen LogP contribution in [0.1, 0.15) is 130 Å². The number of aromatic nitrogens is 1. The highest BCUT2D eigenvalue weighted by Crippen LogP contribution is 2.65. The molecule has 0 saturated carbocycles. The van der Waals surface area contributed by atoms with Crippen molar-refractivity contribution in [3.63, 3.8) is 0 Å². The fraction of sp³-hybridized carbons (Fsp3) is 0.238. The molecule has 0 unspecified atom stereocenters. The van der Waals surface area contributed by atoms with Crippen molar-refractivity contribution >= 4 is 114 Å². The molecular weight excluding hydrogens is 1180 g/mol. The van der Waals surface area contributed by atoms with E-state index in [0.717, 1.165) is 97.2 Å². The highest BCUT2D eigenvalue weighted by atomic mass is 31.1. The quantitative estimate of drug-likeness (QED) is 0.155. The molecule has 7 heterocycles. The average molecular weight is 1250 g/mol. The summed E-state index contributed by atoms with van der Waals surface area (Å²) >= 11 is 0. The van der Waals surface area contributed by atoms with Crippen LogP contribution in [0, 0.1) is 0 Å². The van der Waals surface area contributed by atoms with Crippen LogP contribution >= 0.6 is 15.8 Å². The van der Waals surface area contributed by atoms with Gasteiger partial charge in [0.05, 0.1) is 71.3 Å². The topological polar surface area (TPSA) is 48.3 Å². The van der Waals surface area contributed by atoms with E-state index in [4.69, 9.17) is 18.9 Å². The monoisotopic (exact) mass is 1250 g/mol. The number of hydrogen-bond donors (Lipinski definition) is 0. The molecule has 0 atom stereocenters. The Labute approximate surface area is 548 Å². The number of fused-ring (bicyclic) bond motifs is 4. The summed E-state index contributed by atoms with van der Waals surface area (Å²) in [7, 11) is -2.21. The molecule has 9 heteroatoms. The van der Waals surface area contributed by atoms with E-state index in [1.54, 1.807) is 0 Å². The Kier molecular flexibility index (Phi) is 11.7. The van der Waals surface area contributed by atoms with Gasteiger partial charge in [-0.05, 0) is 128 Å². The largest absolute Gasteiger partial charge is 0.455 e. The minimum absolute atomic E-state index is 0.180. The standard InChI is InChI=1S/C84H75N3O4P2/c1-80(2,3)56-35-39-64-76-70(56)88-66-41-47(42-67-78(66)92(76)77-65(40-36-57(71(77)89-67)81(4,5)6)86(64)52-30-27-48-21-15-16-22-49(48)43-52)46-84(13,14)50-28-31-51(32-29-50)85-62-37-33-58(82(7,8)9)72-74(62)93-75-63(85)38-34-59(83(10,11)12)73(75)91-69-45-53(44-68(90-72)79(69)93)87-60-25-19-17-23-54(60)55-24-18-20-26-61(55)87/h15-45H,46H2,1-14H3. The third-order valence-corrected chi connectivity index (χ3v) is 25.6. The molecule has 0 spiro atoms. The molecule has 18 rings (SSSR count). The molecule has 6 aliphatic rings. The summed E-state index contributed by atoms with van der Waals surface area (Å²) in [6.07, 6.45) is 0.761. The Bertz CT molecular complexity index is 5050. The van der Waals surface area contributed by atoms with Gasteiger partial charge in [-0.25, -0.2) is 0 Å². The number of rotatable bonds is 6. The Morgan fingerprint density at radius 1 is 0.323 bits per heavy atom. The molecule has 93 heavy (non-hydrogen) atoms. The predicted octanol–water partition coefficient (Wildman–Crippen LogP) is 21.2. The molecule has 0 fully saturated rings. The van der Waals surface area contributed by atoms with Crippen LogP contribution in [0.15, 0.2) is 188 Å². The number of para-hydroxylation sites is 2. The van der Waals surface area contributed by atoms with Gasteiger partial charge < -0.3 is 33.3 Å². The lowest BCUT2D eigenvalue weighted by molar-refractivity contribution is 0.439. The fourth-order valence-electron chi connectivity index (χ4n) is 15.9. The van der Waals surface area contributed by atoms with Gasteiger partial charge in [0.25, 0.3) is 0 Å². The third-order valence-electron chi connectivity index (χ3n) is 20.3. The van der Waals surface area contributed by atoms with Crippen LogP contribution in [0.2, 0.25) is 0 Å². The van der Waals surface area contributed by atoms with Crippen LogP contribution in [0.5, 0.6) is 46.0 Å². The van der Waals surface area contributed by atoms with Crippen molar-refractivity contribution in [3.05, 3.63) is 221 Å². The van der Waals surface area contributed by atoms with Gasteiger partial charge >= 0.3 is 0 Å². The lowest BCUT2D eigenvalue weighted by Gasteiger charge is -2.46. The minimum Gasteiger partial charge on any atom is -0.455 e. The molecule has 0 radical (unpaired) electrons. The zero-order valence-corrected chi connectivity index (χ0v) is 57.3. The minimum atomic E-state index is -1.13. The fourth-order valence-corrected chi connectivity index (χ4v) is 21.7. The van der Waals surface area contributed by atoms with Crippen LogP contribution in [0.4, 0.5) is 34.1 Å². The Balaban J connectivity index is 0.743. The Morgan fingerprint density at radius 2 is 0.688 bits per heavy atom. The van der Waals surface area contributed by atoms with Gasteiger partial charge in [0.15, 0.2) is 0 Å². The van der Waals surface area contributed by atoms with Crippen molar-refractivity contribution in [2.75, 3.05) is 9.80 Å². The van der Waals surface area contributed by atoms with Gasteiger partial charge in [-0.3, -0.25) is 0 Å². The molecule has 6 aliphatic heterocycles. The van der Waals surface area contributed by atoms with Crippen molar-refractivity contribution in [3.8, 4) is 51.7 Å². The first-order valence-electron chi connectivity index (χ1n) is 32.9. The van der Waals surface area contributed by atoms with Crippen LogP contribution in [0.25, 0.3) is 38.3 Å². The van der Waals surface area contributed by atoms with Gasteiger partial charge in [0.2, 0.25) is 0 Å². The second kappa shape index (κ2) is 19.2. The van der Waals surface area contributed by atoms with E-state index in [1.807, 2.05) is 0 Å². The second-order valence-electron chi connectivity index (χ2n) is 31.2. The summed E-state index contributed by atoms with van der Waals surface area (Å²) < 4.78 is 32.5. The maximum Gasteiger partial charge on any atom is 0.141 e. The van der Waals surface area contributed by atoms with Gasteiger partial charge in [-0.1, -0.05) is 200 Å². The van der Waals surface area contributed by atoms with E-state index in [1.165, 1.54) is 92.8 Å². The van der Waals surface area contributed by atoms with Gasteiger partial charge in [-0.15, -0.1) is 0 Å². The van der Waals surface area contributed by atoms with E-state index in [0.29, 0.717) is 0 Å². The van der Waals surface area contributed by atoms with Crippen LogP contribution < -0.4 is 60.6 Å². The molecule has 0 bridgehead atoms. The van der Waals surface area contributed by atoms with Crippen molar-refractivity contribution in [2.24, 2.45) is 0 Å². The third kappa shape index (κ3) is 8.21. The van der Waals surface area contributed by atoms with Crippen LogP contribution in [-0.2, 0) is 33.5 Å². The summed E-state index contributed by atoms with van der Waals surface area (Å²) in [5.41, 5.74) is 16.4. The number of benzene rings is 11. The summed E-state index contributed by atoms with van der Waals surface area (Å²) in [6, 6.07) is 70.4. The molecule has 12 aromatic rings. The van der Waals surface area contributed by atoms with E-state index >= 15 is 0 Å². The van der Waals surface area contributed by atoms with E-state index < -0.39 is 15.8 Å². The second-order valence-corrected chi connectivity index (χ2v) is 35.3. The molecule has 0 amide bonds. The van der Waals surface area contributed by atoms with Crippen LogP contribution in [-0.4, -0.2) is 4.57 Å². The lowest BCUT2D eigenvalue weighted by Crippen LogP contribution is -2.41. The van der Waals surface area contributed by atoms with Gasteiger partial charge in [0.1, 0.15) is 46.0 Å². The van der Waals surface area contributed by atoms with E-state index in [9.17, 15) is 0 Å². The molecule has 0 saturated heterocycles. The van der Waals surface area contributed by atoms with E-state index in [2.05, 4.69) is 299 Å². The van der Waals surface area contributed by atoms with Crippen molar-refractivity contribution < 1.29 is 18.9 Å². The first-order valence-corrected chi connectivity index (χ1v) is 35.6. The van der Waals surface area contributed by atoms with Crippen molar-refractivity contribution in [1.29, 1.82) is 0 Å². The SMILES string of the molecule is CC(C)(C)c1ccc2c3c1Oc1cc(CC(C)(C)c4ccc(N5c6ccc(C(C)(C)C)c7c6P6c8c(cc(-n9c%10ccccc%10c%10ccccc%109)cc8Oc8c(C(C)(C)C)ccc5c86)O7)cc4)cc4c1P3c1c(ccc(C(C)(C)C)c1O4)N2c1ccc2ccccc2c1. The summed E-state index contributed by atoms with van der Waals surface area (Å²) in [4.78, 5) is 4.96. The zero-order valence-electron chi connectivity index (χ0n) is 55.5. The molecule has 11 aromatic carbocycles.